The summed E-state index contributed by atoms with van der Waals surface area (Å²) in [5.74, 6) is 0.235. The highest BCUT2D eigenvalue weighted by Crippen LogP contribution is 2.29. The van der Waals surface area contributed by atoms with Gasteiger partial charge in [-0.2, -0.15) is 0 Å². The van der Waals surface area contributed by atoms with Crippen molar-refractivity contribution in [2.24, 2.45) is 5.92 Å². The van der Waals surface area contributed by atoms with Crippen molar-refractivity contribution in [1.29, 1.82) is 0 Å². The van der Waals surface area contributed by atoms with Crippen molar-refractivity contribution in [2.75, 3.05) is 6.61 Å². The third kappa shape index (κ3) is 5.50. The van der Waals surface area contributed by atoms with Gasteiger partial charge in [0, 0.05) is 36.2 Å². The first-order valence-electron chi connectivity index (χ1n) is 8.22. The monoisotopic (exact) mass is 323 g/mol. The van der Waals surface area contributed by atoms with E-state index in [1.807, 2.05) is 13.8 Å². The van der Waals surface area contributed by atoms with Crippen LogP contribution in [-0.2, 0) is 4.79 Å². The first-order chi connectivity index (χ1) is 10.8. The molecular formula is C18H26FNO3. The van der Waals surface area contributed by atoms with Crippen LogP contribution >= 0.6 is 0 Å². The lowest BCUT2D eigenvalue weighted by atomic mass is 9.88. The summed E-state index contributed by atoms with van der Waals surface area (Å²) in [6, 6.07) is 5.17. The van der Waals surface area contributed by atoms with Crippen LogP contribution in [0.15, 0.2) is 18.2 Å². The van der Waals surface area contributed by atoms with Gasteiger partial charge in [-0.15, -0.1) is 0 Å². The molecule has 0 bridgehead atoms. The molecule has 1 aliphatic rings. The number of benzene rings is 1. The van der Waals surface area contributed by atoms with Gasteiger partial charge >= 0.3 is 0 Å². The van der Waals surface area contributed by atoms with Crippen molar-refractivity contribution >= 4 is 5.78 Å². The normalized spacial score (nSPS) is 20.5. The minimum atomic E-state index is -0.425. The standard InChI is InChI=1S/C18H26FNO3/c1-11(2)18(21)10-22-15-5-13(19)6-16(9-15)23-17-7-14(8-17)20-12(3)4/h5-6,9,11-12,14,17,20H,7-8,10H2,1-4H3/t14-,17+. The molecule has 0 spiro atoms. The predicted octanol–water partition coefficient (Wildman–Crippen LogP) is 3.34. The molecule has 1 aromatic carbocycles. The van der Waals surface area contributed by atoms with Crippen LogP contribution in [0.1, 0.15) is 40.5 Å². The molecule has 0 unspecified atom stereocenters. The Kier molecular flexibility index (Phi) is 5.99. The maximum atomic E-state index is 13.7. The van der Waals surface area contributed by atoms with Gasteiger partial charge in [0.1, 0.15) is 30.0 Å². The molecule has 4 nitrogen and oxygen atoms in total. The van der Waals surface area contributed by atoms with E-state index in [4.69, 9.17) is 9.47 Å². The van der Waals surface area contributed by atoms with E-state index in [0.717, 1.165) is 12.8 Å². The van der Waals surface area contributed by atoms with Crippen LogP contribution < -0.4 is 14.8 Å². The second kappa shape index (κ2) is 7.77. The van der Waals surface area contributed by atoms with Crippen molar-refractivity contribution in [3.63, 3.8) is 0 Å². The molecule has 1 aliphatic carbocycles. The molecule has 2 rings (SSSR count). The highest BCUT2D eigenvalue weighted by atomic mass is 19.1. The van der Waals surface area contributed by atoms with Gasteiger partial charge in [0.15, 0.2) is 5.78 Å². The Morgan fingerprint density at radius 2 is 1.87 bits per heavy atom. The molecule has 0 atom stereocenters. The minimum Gasteiger partial charge on any atom is -0.490 e. The number of carbonyl (C=O) groups is 1. The van der Waals surface area contributed by atoms with Gasteiger partial charge in [0.05, 0.1) is 0 Å². The summed E-state index contributed by atoms with van der Waals surface area (Å²) in [6.45, 7) is 7.80. The number of hydrogen-bond donors (Lipinski definition) is 1. The molecule has 23 heavy (non-hydrogen) atoms. The van der Waals surface area contributed by atoms with E-state index in [9.17, 15) is 9.18 Å². The van der Waals surface area contributed by atoms with Gasteiger partial charge < -0.3 is 14.8 Å². The fourth-order valence-corrected chi connectivity index (χ4v) is 2.47. The molecule has 1 N–H and O–H groups in total. The summed E-state index contributed by atoms with van der Waals surface area (Å²) in [5, 5.41) is 3.44. The zero-order valence-electron chi connectivity index (χ0n) is 14.3. The third-order valence-corrected chi connectivity index (χ3v) is 3.84. The number of ketones is 1. The summed E-state index contributed by atoms with van der Waals surface area (Å²) in [6.07, 6.45) is 1.92. The lowest BCUT2D eigenvalue weighted by molar-refractivity contribution is -0.123. The maximum absolute atomic E-state index is 13.7. The fraction of sp³-hybridized carbons (Fsp3) is 0.611. The van der Waals surface area contributed by atoms with Crippen molar-refractivity contribution in [3.05, 3.63) is 24.0 Å². The van der Waals surface area contributed by atoms with E-state index in [0.29, 0.717) is 23.6 Å². The molecule has 128 valence electrons. The Balaban J connectivity index is 1.87. The summed E-state index contributed by atoms with van der Waals surface area (Å²) < 4.78 is 24.8. The Morgan fingerprint density at radius 3 is 2.48 bits per heavy atom. The first kappa shape index (κ1) is 17.7. The molecule has 0 aliphatic heterocycles. The van der Waals surface area contributed by atoms with Crippen LogP contribution in [0.2, 0.25) is 0 Å². The maximum Gasteiger partial charge on any atom is 0.172 e. The van der Waals surface area contributed by atoms with Gasteiger partial charge in [-0.1, -0.05) is 27.7 Å². The van der Waals surface area contributed by atoms with E-state index in [1.54, 1.807) is 6.07 Å². The third-order valence-electron chi connectivity index (χ3n) is 3.84. The van der Waals surface area contributed by atoms with Crippen LogP contribution in [0.5, 0.6) is 11.5 Å². The molecule has 0 amide bonds. The largest absolute Gasteiger partial charge is 0.490 e. The molecule has 1 aromatic rings. The Bertz CT molecular complexity index is 539. The molecule has 1 fully saturated rings. The van der Waals surface area contributed by atoms with E-state index < -0.39 is 5.82 Å². The second-order valence-electron chi connectivity index (χ2n) is 6.76. The zero-order valence-corrected chi connectivity index (χ0v) is 14.3. The predicted molar refractivity (Wildman–Crippen MR) is 87.4 cm³/mol. The molecule has 0 heterocycles. The van der Waals surface area contributed by atoms with E-state index >= 15 is 0 Å². The van der Waals surface area contributed by atoms with Gasteiger partial charge in [0.2, 0.25) is 0 Å². The van der Waals surface area contributed by atoms with E-state index in [1.165, 1.54) is 12.1 Å². The molecule has 0 radical (unpaired) electrons. The lowest BCUT2D eigenvalue weighted by Crippen LogP contribution is -2.49. The van der Waals surface area contributed by atoms with Gasteiger partial charge in [-0.25, -0.2) is 4.39 Å². The Labute approximate surface area is 137 Å². The van der Waals surface area contributed by atoms with Gasteiger partial charge in [0.25, 0.3) is 0 Å². The quantitative estimate of drug-likeness (QED) is 0.797. The summed E-state index contributed by atoms with van der Waals surface area (Å²) in [5.41, 5.74) is 0. The van der Waals surface area contributed by atoms with Crippen LogP contribution in [0.25, 0.3) is 0 Å². The second-order valence-corrected chi connectivity index (χ2v) is 6.76. The number of rotatable bonds is 8. The minimum absolute atomic E-state index is 0.0154. The Hall–Kier alpha value is -1.62. The highest BCUT2D eigenvalue weighted by molar-refractivity contribution is 5.81. The van der Waals surface area contributed by atoms with E-state index in [-0.39, 0.29) is 24.4 Å². The number of hydrogen-bond acceptors (Lipinski definition) is 4. The van der Waals surface area contributed by atoms with Crippen LogP contribution in [0.4, 0.5) is 4.39 Å². The SMILES string of the molecule is CC(C)N[C@H]1C[C@@H](Oc2cc(F)cc(OCC(=O)C(C)C)c2)C1. The smallest absolute Gasteiger partial charge is 0.172 e. The topological polar surface area (TPSA) is 47.6 Å². The van der Waals surface area contributed by atoms with Crippen LogP contribution in [-0.4, -0.2) is 30.6 Å². The summed E-state index contributed by atoms with van der Waals surface area (Å²) in [4.78, 5) is 11.6. The van der Waals surface area contributed by atoms with Gasteiger partial charge in [-0.05, 0) is 12.8 Å². The van der Waals surface area contributed by atoms with Gasteiger partial charge in [-0.3, -0.25) is 4.79 Å². The summed E-state index contributed by atoms with van der Waals surface area (Å²) in [7, 11) is 0. The number of nitrogens with one attached hydrogen (secondary N) is 1. The number of carbonyl (C=O) groups excluding carboxylic acids is 1. The zero-order chi connectivity index (χ0) is 17.0. The Morgan fingerprint density at radius 1 is 1.22 bits per heavy atom. The fourth-order valence-electron chi connectivity index (χ4n) is 2.47. The first-order valence-corrected chi connectivity index (χ1v) is 8.22. The highest BCUT2D eigenvalue weighted by Gasteiger charge is 2.31. The van der Waals surface area contributed by atoms with Crippen molar-refractivity contribution < 1.29 is 18.7 Å². The summed E-state index contributed by atoms with van der Waals surface area (Å²) >= 11 is 0. The molecule has 1 saturated carbocycles. The van der Waals surface area contributed by atoms with Crippen molar-refractivity contribution in [1.82, 2.24) is 5.32 Å². The average molecular weight is 323 g/mol. The molecular weight excluding hydrogens is 297 g/mol. The molecule has 0 saturated heterocycles. The number of Topliss-reactive ketones (excluding diaryl/α,β-unsaturated/α-hetero) is 1. The lowest BCUT2D eigenvalue weighted by Gasteiger charge is -2.37. The van der Waals surface area contributed by atoms with Crippen LogP contribution in [0, 0.1) is 11.7 Å². The molecule has 0 aromatic heterocycles. The molecule has 5 heteroatoms. The van der Waals surface area contributed by atoms with E-state index in [2.05, 4.69) is 19.2 Å². The number of ether oxygens (including phenoxy) is 2. The van der Waals surface area contributed by atoms with Crippen molar-refractivity contribution in [3.8, 4) is 11.5 Å². The number of halogens is 1. The average Bonchev–Trinajstić information content (AvgIpc) is 2.41. The van der Waals surface area contributed by atoms with Crippen molar-refractivity contribution in [2.45, 2.75) is 58.7 Å². The van der Waals surface area contributed by atoms with Crippen LogP contribution in [0.3, 0.4) is 0 Å².